The van der Waals surface area contributed by atoms with Crippen LogP contribution in [0.25, 0.3) is 10.6 Å². The van der Waals surface area contributed by atoms with Crippen LogP contribution < -0.4 is 11.1 Å². The highest BCUT2D eigenvalue weighted by Crippen LogP contribution is 2.25. The monoisotopic (exact) mass is 345 g/mol. The summed E-state index contributed by atoms with van der Waals surface area (Å²) in [5.41, 5.74) is 6.47. The van der Waals surface area contributed by atoms with E-state index in [0.29, 0.717) is 17.4 Å². The second kappa shape index (κ2) is 6.72. The van der Waals surface area contributed by atoms with Crippen molar-refractivity contribution in [2.45, 2.75) is 6.54 Å². The second-order valence-electron chi connectivity index (χ2n) is 4.64. The third-order valence-corrected chi connectivity index (χ3v) is 4.28. The highest BCUT2D eigenvalue weighted by molar-refractivity contribution is 7.14. The Morgan fingerprint density at radius 2 is 2.04 bits per heavy atom. The molecular weight excluding hydrogens is 334 g/mol. The predicted octanol–water partition coefficient (Wildman–Crippen LogP) is 2.96. The van der Waals surface area contributed by atoms with Gasteiger partial charge in [-0.25, -0.2) is 4.98 Å². The minimum absolute atomic E-state index is 0.267. The number of hydrogen-bond donors (Lipinski definition) is 2. The molecule has 6 nitrogen and oxygen atoms in total. The molecule has 0 saturated heterocycles. The molecule has 0 saturated carbocycles. The van der Waals surface area contributed by atoms with Crippen LogP contribution in [-0.4, -0.2) is 21.1 Å². The summed E-state index contributed by atoms with van der Waals surface area (Å²) in [5, 5.41) is 13.4. The normalized spacial score (nSPS) is 10.5. The first-order chi connectivity index (χ1) is 11.1. The number of carbonyl (C=O) groups excluding carboxylic acids is 1. The first-order valence-corrected chi connectivity index (χ1v) is 7.90. The number of benzene rings is 1. The van der Waals surface area contributed by atoms with Crippen molar-refractivity contribution in [1.29, 1.82) is 0 Å². The van der Waals surface area contributed by atoms with Crippen molar-refractivity contribution in [3.8, 4) is 10.6 Å². The van der Waals surface area contributed by atoms with Gasteiger partial charge in [0.15, 0.2) is 0 Å². The van der Waals surface area contributed by atoms with Gasteiger partial charge in [-0.1, -0.05) is 53.3 Å². The van der Waals surface area contributed by atoms with Crippen LogP contribution in [0.2, 0.25) is 5.02 Å². The molecule has 1 amide bonds. The predicted molar refractivity (Wildman–Crippen MR) is 90.4 cm³/mol. The average Bonchev–Trinajstić information content (AvgIpc) is 3.03. The van der Waals surface area contributed by atoms with E-state index >= 15 is 0 Å². The number of carbonyl (C=O) groups is 1. The van der Waals surface area contributed by atoms with Crippen molar-refractivity contribution in [3.05, 3.63) is 58.2 Å². The molecule has 2 heterocycles. The minimum atomic E-state index is -0.567. The molecule has 8 heteroatoms. The van der Waals surface area contributed by atoms with E-state index in [-0.39, 0.29) is 5.56 Å². The maximum atomic E-state index is 11.1. The SMILES string of the molecule is NC(=O)c1cnc(NCc2nnc(-c3ccccc3)s2)c(Cl)c1. The van der Waals surface area contributed by atoms with Crippen molar-refractivity contribution in [1.82, 2.24) is 15.2 Å². The van der Waals surface area contributed by atoms with Crippen molar-refractivity contribution in [2.75, 3.05) is 5.32 Å². The topological polar surface area (TPSA) is 93.8 Å². The highest BCUT2D eigenvalue weighted by atomic mass is 35.5. The van der Waals surface area contributed by atoms with Gasteiger partial charge in [-0.05, 0) is 6.07 Å². The van der Waals surface area contributed by atoms with Crippen molar-refractivity contribution in [3.63, 3.8) is 0 Å². The zero-order chi connectivity index (χ0) is 16.2. The smallest absolute Gasteiger partial charge is 0.250 e. The molecule has 2 aromatic heterocycles. The fourth-order valence-corrected chi connectivity index (χ4v) is 2.90. The number of rotatable bonds is 5. The number of primary amides is 1. The fraction of sp³-hybridized carbons (Fsp3) is 0.0667. The maximum Gasteiger partial charge on any atom is 0.250 e. The Hall–Kier alpha value is -2.51. The molecule has 0 aliphatic rings. The molecule has 116 valence electrons. The number of nitrogens with zero attached hydrogens (tertiary/aromatic N) is 3. The van der Waals surface area contributed by atoms with Gasteiger partial charge in [0.05, 0.1) is 17.1 Å². The molecule has 0 unspecified atom stereocenters. The van der Waals surface area contributed by atoms with E-state index < -0.39 is 5.91 Å². The van der Waals surface area contributed by atoms with Crippen molar-refractivity contribution < 1.29 is 4.79 Å². The summed E-state index contributed by atoms with van der Waals surface area (Å²) >= 11 is 7.56. The van der Waals surface area contributed by atoms with E-state index in [1.807, 2.05) is 30.3 Å². The number of aromatic nitrogens is 3. The van der Waals surface area contributed by atoms with Gasteiger partial charge in [0.2, 0.25) is 5.91 Å². The van der Waals surface area contributed by atoms with Gasteiger partial charge in [-0.2, -0.15) is 0 Å². The molecule has 0 atom stereocenters. The van der Waals surface area contributed by atoms with Gasteiger partial charge in [-0.3, -0.25) is 4.79 Å². The molecule has 0 fully saturated rings. The van der Waals surface area contributed by atoms with E-state index in [0.717, 1.165) is 15.6 Å². The number of amides is 1. The van der Waals surface area contributed by atoms with Gasteiger partial charge in [0, 0.05) is 11.8 Å². The summed E-state index contributed by atoms with van der Waals surface area (Å²) in [6, 6.07) is 11.3. The third-order valence-electron chi connectivity index (χ3n) is 3.02. The van der Waals surface area contributed by atoms with Crippen molar-refractivity contribution >= 4 is 34.7 Å². The number of anilines is 1. The summed E-state index contributed by atoms with van der Waals surface area (Å²) < 4.78 is 0. The zero-order valence-corrected chi connectivity index (χ0v) is 13.4. The third kappa shape index (κ3) is 3.64. The Kier molecular flexibility index (Phi) is 4.50. The molecule has 0 aliphatic heterocycles. The van der Waals surface area contributed by atoms with E-state index in [2.05, 4.69) is 20.5 Å². The first kappa shape index (κ1) is 15.4. The van der Waals surface area contributed by atoms with Gasteiger partial charge in [0.25, 0.3) is 0 Å². The van der Waals surface area contributed by atoms with Gasteiger partial charge in [0.1, 0.15) is 15.8 Å². The first-order valence-electron chi connectivity index (χ1n) is 6.70. The lowest BCUT2D eigenvalue weighted by Crippen LogP contribution is -2.12. The lowest BCUT2D eigenvalue weighted by molar-refractivity contribution is 0.1000. The number of halogens is 1. The van der Waals surface area contributed by atoms with E-state index in [4.69, 9.17) is 17.3 Å². The van der Waals surface area contributed by atoms with E-state index in [1.165, 1.54) is 23.6 Å². The Morgan fingerprint density at radius 3 is 2.74 bits per heavy atom. The van der Waals surface area contributed by atoms with Crippen LogP contribution in [0.15, 0.2) is 42.6 Å². The largest absolute Gasteiger partial charge is 0.366 e. The van der Waals surface area contributed by atoms with Gasteiger partial charge < -0.3 is 11.1 Å². The summed E-state index contributed by atoms with van der Waals surface area (Å²) in [7, 11) is 0. The fourth-order valence-electron chi connectivity index (χ4n) is 1.88. The summed E-state index contributed by atoms with van der Waals surface area (Å²) in [6.45, 7) is 0.438. The molecule has 0 bridgehead atoms. The molecule has 23 heavy (non-hydrogen) atoms. The van der Waals surface area contributed by atoms with Crippen LogP contribution in [-0.2, 0) is 6.54 Å². The van der Waals surface area contributed by atoms with E-state index in [1.54, 1.807) is 0 Å². The van der Waals surface area contributed by atoms with Crippen LogP contribution in [0.4, 0.5) is 5.82 Å². The number of hydrogen-bond acceptors (Lipinski definition) is 6. The quantitative estimate of drug-likeness (QED) is 0.741. The van der Waals surface area contributed by atoms with Crippen LogP contribution in [0.5, 0.6) is 0 Å². The zero-order valence-electron chi connectivity index (χ0n) is 11.9. The van der Waals surface area contributed by atoms with E-state index in [9.17, 15) is 4.79 Å². The second-order valence-corrected chi connectivity index (χ2v) is 6.11. The number of pyridine rings is 1. The Balaban J connectivity index is 1.70. The lowest BCUT2D eigenvalue weighted by atomic mass is 10.2. The molecule has 0 radical (unpaired) electrons. The number of nitrogens with one attached hydrogen (secondary N) is 1. The maximum absolute atomic E-state index is 11.1. The van der Waals surface area contributed by atoms with Gasteiger partial charge in [-0.15, -0.1) is 10.2 Å². The minimum Gasteiger partial charge on any atom is -0.366 e. The molecular formula is C15H12ClN5OS. The van der Waals surface area contributed by atoms with Crippen LogP contribution in [0, 0.1) is 0 Å². The lowest BCUT2D eigenvalue weighted by Gasteiger charge is -2.06. The highest BCUT2D eigenvalue weighted by Gasteiger charge is 2.09. The standard InChI is InChI=1S/C15H12ClN5OS/c16-11-6-10(13(17)22)7-18-14(11)19-8-12-20-21-15(23-12)9-4-2-1-3-5-9/h1-7H,8H2,(H2,17,22)(H,18,19). The number of nitrogens with two attached hydrogens (primary N) is 1. The Labute approximate surface area is 141 Å². The molecule has 0 aliphatic carbocycles. The van der Waals surface area contributed by atoms with Crippen molar-refractivity contribution in [2.24, 2.45) is 5.73 Å². The molecule has 3 N–H and O–H groups in total. The Bertz CT molecular complexity index is 837. The van der Waals surface area contributed by atoms with Gasteiger partial charge >= 0.3 is 0 Å². The van der Waals surface area contributed by atoms with Crippen LogP contribution in [0.1, 0.15) is 15.4 Å². The Morgan fingerprint density at radius 1 is 1.26 bits per heavy atom. The summed E-state index contributed by atoms with van der Waals surface area (Å²) in [5.74, 6) is -0.101. The molecule has 3 aromatic rings. The summed E-state index contributed by atoms with van der Waals surface area (Å²) in [6.07, 6.45) is 1.38. The molecule has 1 aromatic carbocycles. The van der Waals surface area contributed by atoms with Crippen LogP contribution >= 0.6 is 22.9 Å². The summed E-state index contributed by atoms with van der Waals surface area (Å²) in [4.78, 5) is 15.2. The van der Waals surface area contributed by atoms with Crippen LogP contribution in [0.3, 0.4) is 0 Å². The molecule has 3 rings (SSSR count). The average molecular weight is 346 g/mol. The molecule has 0 spiro atoms.